The van der Waals surface area contributed by atoms with Crippen LogP contribution < -0.4 is 5.32 Å². The molecule has 2 N–H and O–H groups in total. The number of amides is 1. The topological polar surface area (TPSA) is 49.3 Å². The molecule has 3 nitrogen and oxygen atoms in total. The Bertz CT molecular complexity index is 348. The molecule has 1 rings (SSSR count). The number of anilines is 1. The van der Waals surface area contributed by atoms with Crippen molar-refractivity contribution < 1.29 is 9.90 Å². The van der Waals surface area contributed by atoms with E-state index in [1.165, 1.54) is 0 Å². The second kappa shape index (κ2) is 6.28. The van der Waals surface area contributed by atoms with Crippen LogP contribution in [0, 0.1) is 0 Å². The Morgan fingerprint density at radius 3 is 2.69 bits per heavy atom. The number of hydrogen-bond acceptors (Lipinski definition) is 2. The van der Waals surface area contributed by atoms with E-state index in [4.69, 9.17) is 5.11 Å². The second-order valence-corrected chi connectivity index (χ2v) is 4.12. The molecule has 0 aliphatic heterocycles. The third kappa shape index (κ3) is 3.66. The van der Waals surface area contributed by atoms with Crippen molar-refractivity contribution >= 4 is 11.6 Å². The van der Waals surface area contributed by atoms with Gasteiger partial charge in [-0.2, -0.15) is 0 Å². The highest BCUT2D eigenvalue weighted by Crippen LogP contribution is 2.23. The molecule has 0 saturated carbocycles. The van der Waals surface area contributed by atoms with Gasteiger partial charge in [-0.1, -0.05) is 32.0 Å². The normalized spacial score (nSPS) is 10.5. The summed E-state index contributed by atoms with van der Waals surface area (Å²) >= 11 is 0. The van der Waals surface area contributed by atoms with Gasteiger partial charge in [0.1, 0.15) is 0 Å². The third-order valence-electron chi connectivity index (χ3n) is 2.42. The van der Waals surface area contributed by atoms with Crippen LogP contribution in [0.4, 0.5) is 5.69 Å². The molecule has 0 saturated heterocycles. The number of rotatable bonds is 5. The Balaban J connectivity index is 2.69. The van der Waals surface area contributed by atoms with Crippen LogP contribution in [-0.2, 0) is 4.79 Å². The van der Waals surface area contributed by atoms with Crippen LogP contribution in [0.5, 0.6) is 0 Å². The van der Waals surface area contributed by atoms with E-state index in [9.17, 15) is 4.79 Å². The molecule has 0 aliphatic rings. The first kappa shape index (κ1) is 12.7. The van der Waals surface area contributed by atoms with E-state index in [0.717, 1.165) is 11.3 Å². The van der Waals surface area contributed by atoms with Crippen molar-refractivity contribution in [3.8, 4) is 0 Å². The van der Waals surface area contributed by atoms with E-state index in [1.54, 1.807) is 0 Å². The van der Waals surface area contributed by atoms with E-state index < -0.39 is 0 Å². The van der Waals surface area contributed by atoms with Gasteiger partial charge in [-0.05, 0) is 24.0 Å². The van der Waals surface area contributed by atoms with Crippen molar-refractivity contribution in [3.63, 3.8) is 0 Å². The molecule has 0 atom stereocenters. The van der Waals surface area contributed by atoms with Crippen molar-refractivity contribution in [1.82, 2.24) is 0 Å². The van der Waals surface area contributed by atoms with Crippen molar-refractivity contribution in [2.24, 2.45) is 0 Å². The van der Waals surface area contributed by atoms with Crippen LogP contribution in [0.25, 0.3) is 0 Å². The summed E-state index contributed by atoms with van der Waals surface area (Å²) in [5, 5.41) is 11.5. The lowest BCUT2D eigenvalue weighted by Gasteiger charge is -2.13. The molecule has 0 aromatic heterocycles. The molecule has 0 spiro atoms. The fourth-order valence-corrected chi connectivity index (χ4v) is 1.57. The molecule has 0 fully saturated rings. The van der Waals surface area contributed by atoms with Crippen LogP contribution in [0.3, 0.4) is 0 Å². The van der Waals surface area contributed by atoms with E-state index in [2.05, 4.69) is 19.2 Å². The van der Waals surface area contributed by atoms with Crippen LogP contribution in [-0.4, -0.2) is 17.6 Å². The van der Waals surface area contributed by atoms with Gasteiger partial charge in [0, 0.05) is 18.7 Å². The molecule has 0 unspecified atom stereocenters. The molecule has 16 heavy (non-hydrogen) atoms. The molecule has 1 aromatic rings. The van der Waals surface area contributed by atoms with Crippen LogP contribution in [0.2, 0.25) is 0 Å². The maximum absolute atomic E-state index is 11.5. The van der Waals surface area contributed by atoms with Gasteiger partial charge in [-0.25, -0.2) is 0 Å². The van der Waals surface area contributed by atoms with Crippen molar-refractivity contribution in [3.05, 3.63) is 29.8 Å². The highest BCUT2D eigenvalue weighted by molar-refractivity contribution is 5.91. The summed E-state index contributed by atoms with van der Waals surface area (Å²) < 4.78 is 0. The van der Waals surface area contributed by atoms with Gasteiger partial charge in [0.25, 0.3) is 0 Å². The number of nitrogens with one attached hydrogen (secondary N) is 1. The van der Waals surface area contributed by atoms with Gasteiger partial charge >= 0.3 is 0 Å². The average Bonchev–Trinajstić information content (AvgIpc) is 2.27. The minimum Gasteiger partial charge on any atom is -0.396 e. The highest BCUT2D eigenvalue weighted by atomic mass is 16.3. The number of aliphatic hydroxyl groups excluding tert-OH is 1. The Labute approximate surface area is 96.5 Å². The van der Waals surface area contributed by atoms with Crippen LogP contribution in [0.1, 0.15) is 38.2 Å². The summed E-state index contributed by atoms with van der Waals surface area (Å²) in [7, 11) is 0. The summed E-state index contributed by atoms with van der Waals surface area (Å²) in [5.41, 5.74) is 2.01. The molecule has 3 heteroatoms. The number of para-hydroxylation sites is 1. The predicted octanol–water partition coefficient (Wildman–Crippen LogP) is 2.52. The second-order valence-electron chi connectivity index (χ2n) is 4.12. The lowest BCUT2D eigenvalue weighted by atomic mass is 10.0. The standard InChI is InChI=1S/C13H19NO2/c1-10(2)11-6-3-4-7-12(11)14-13(16)8-5-9-15/h3-4,6-7,10,15H,5,8-9H2,1-2H3,(H,14,16). The molecule has 0 heterocycles. The zero-order chi connectivity index (χ0) is 12.0. The van der Waals surface area contributed by atoms with Crippen LogP contribution in [0.15, 0.2) is 24.3 Å². The van der Waals surface area contributed by atoms with Gasteiger partial charge in [0.05, 0.1) is 0 Å². The SMILES string of the molecule is CC(C)c1ccccc1NC(=O)CCCO. The summed E-state index contributed by atoms with van der Waals surface area (Å²) in [5.74, 6) is 0.344. The monoisotopic (exact) mass is 221 g/mol. The largest absolute Gasteiger partial charge is 0.396 e. The van der Waals surface area contributed by atoms with Crippen molar-refractivity contribution in [1.29, 1.82) is 0 Å². The molecule has 1 amide bonds. The lowest BCUT2D eigenvalue weighted by molar-refractivity contribution is -0.116. The summed E-state index contributed by atoms with van der Waals surface area (Å²) in [6.45, 7) is 4.25. The van der Waals surface area contributed by atoms with Gasteiger partial charge < -0.3 is 10.4 Å². The minimum atomic E-state index is -0.0397. The van der Waals surface area contributed by atoms with Gasteiger partial charge in [0.2, 0.25) is 5.91 Å². The minimum absolute atomic E-state index is 0.0397. The molecular weight excluding hydrogens is 202 g/mol. The molecule has 1 aromatic carbocycles. The predicted molar refractivity (Wildman–Crippen MR) is 65.5 cm³/mol. The molecule has 0 radical (unpaired) electrons. The molecule has 88 valence electrons. The number of hydrogen-bond donors (Lipinski definition) is 2. The Morgan fingerprint density at radius 1 is 1.38 bits per heavy atom. The molecule has 0 bridgehead atoms. The zero-order valence-corrected chi connectivity index (χ0v) is 9.86. The Hall–Kier alpha value is -1.35. The van der Waals surface area contributed by atoms with Crippen molar-refractivity contribution in [2.75, 3.05) is 11.9 Å². The summed E-state index contributed by atoms with van der Waals surface area (Å²) in [6.07, 6.45) is 0.874. The maximum Gasteiger partial charge on any atom is 0.224 e. The zero-order valence-electron chi connectivity index (χ0n) is 9.86. The highest BCUT2D eigenvalue weighted by Gasteiger charge is 2.08. The van der Waals surface area contributed by atoms with Gasteiger partial charge in [0.15, 0.2) is 0 Å². The molecule has 0 aliphatic carbocycles. The van der Waals surface area contributed by atoms with Crippen molar-refractivity contribution in [2.45, 2.75) is 32.6 Å². The fourth-order valence-electron chi connectivity index (χ4n) is 1.57. The van der Waals surface area contributed by atoms with E-state index in [1.807, 2.05) is 24.3 Å². The number of benzene rings is 1. The Kier molecular flexibility index (Phi) is 4.99. The first-order valence-electron chi connectivity index (χ1n) is 5.64. The first-order valence-corrected chi connectivity index (χ1v) is 5.64. The summed E-state index contributed by atoms with van der Waals surface area (Å²) in [6, 6.07) is 7.81. The first-order chi connectivity index (χ1) is 7.65. The van der Waals surface area contributed by atoms with Crippen LogP contribution >= 0.6 is 0 Å². The van der Waals surface area contributed by atoms with Gasteiger partial charge in [-0.3, -0.25) is 4.79 Å². The van der Waals surface area contributed by atoms with E-state index in [-0.39, 0.29) is 12.5 Å². The Morgan fingerprint density at radius 2 is 2.06 bits per heavy atom. The third-order valence-corrected chi connectivity index (χ3v) is 2.42. The lowest BCUT2D eigenvalue weighted by Crippen LogP contribution is -2.13. The summed E-state index contributed by atoms with van der Waals surface area (Å²) in [4.78, 5) is 11.5. The number of aliphatic hydroxyl groups is 1. The molecular formula is C13H19NO2. The maximum atomic E-state index is 11.5. The van der Waals surface area contributed by atoms with E-state index in [0.29, 0.717) is 18.8 Å². The fraction of sp³-hybridized carbons (Fsp3) is 0.462. The van der Waals surface area contributed by atoms with Gasteiger partial charge in [-0.15, -0.1) is 0 Å². The smallest absolute Gasteiger partial charge is 0.224 e. The number of carbonyl (C=O) groups is 1. The quantitative estimate of drug-likeness (QED) is 0.802. The number of carbonyl (C=O) groups excluding carboxylic acids is 1. The average molecular weight is 221 g/mol. The van der Waals surface area contributed by atoms with E-state index >= 15 is 0 Å².